The molecular weight excluding hydrogens is 172 g/mol. The largest absolute Gasteiger partial charge is 0.392 e. The molecule has 0 fully saturated rings. The van der Waals surface area contributed by atoms with Crippen LogP contribution < -0.4 is 0 Å². The molecule has 0 saturated carbocycles. The van der Waals surface area contributed by atoms with Gasteiger partial charge in [0.1, 0.15) is 0 Å². The summed E-state index contributed by atoms with van der Waals surface area (Å²) in [6.07, 6.45) is 14.4. The molecular formula is C13H24O. The standard InChI is InChI=1S/C13H24O/c1-2-3-4-5-6-7-9-12-10-8-11-13(12)14/h8,10,12-14H,2-7,9,11H2,1H3/t12-,13-/m0/s1. The van der Waals surface area contributed by atoms with E-state index in [9.17, 15) is 5.11 Å². The molecule has 1 rings (SSSR count). The molecule has 82 valence electrons. The summed E-state index contributed by atoms with van der Waals surface area (Å²) in [4.78, 5) is 0. The van der Waals surface area contributed by atoms with Crippen molar-refractivity contribution in [2.45, 2.75) is 64.4 Å². The Kier molecular flexibility index (Phi) is 5.93. The number of hydrogen-bond acceptors (Lipinski definition) is 1. The van der Waals surface area contributed by atoms with Crippen LogP contribution in [0.5, 0.6) is 0 Å². The molecule has 0 spiro atoms. The molecule has 1 N–H and O–H groups in total. The van der Waals surface area contributed by atoms with Crippen molar-refractivity contribution in [3.63, 3.8) is 0 Å². The Hall–Kier alpha value is -0.300. The highest BCUT2D eigenvalue weighted by Gasteiger charge is 2.18. The van der Waals surface area contributed by atoms with Crippen molar-refractivity contribution in [1.29, 1.82) is 0 Å². The normalized spacial score (nSPS) is 25.9. The summed E-state index contributed by atoms with van der Waals surface area (Å²) in [6, 6.07) is 0. The van der Waals surface area contributed by atoms with E-state index >= 15 is 0 Å². The van der Waals surface area contributed by atoms with Crippen LogP contribution in [0.15, 0.2) is 12.2 Å². The zero-order valence-electron chi connectivity index (χ0n) is 9.41. The fourth-order valence-corrected chi connectivity index (χ4v) is 2.14. The van der Waals surface area contributed by atoms with Gasteiger partial charge in [-0.1, -0.05) is 57.6 Å². The number of unbranched alkanes of at least 4 members (excludes halogenated alkanes) is 5. The molecule has 0 bridgehead atoms. The molecule has 1 nitrogen and oxygen atoms in total. The lowest BCUT2D eigenvalue weighted by atomic mass is 9.98. The number of rotatable bonds is 7. The molecule has 0 aliphatic heterocycles. The van der Waals surface area contributed by atoms with E-state index in [1.165, 1.54) is 44.9 Å². The number of aliphatic hydroxyl groups is 1. The van der Waals surface area contributed by atoms with Crippen LogP contribution in [0.3, 0.4) is 0 Å². The molecule has 0 heterocycles. The van der Waals surface area contributed by atoms with Crippen LogP contribution >= 0.6 is 0 Å². The van der Waals surface area contributed by atoms with Crippen LogP contribution in [0.1, 0.15) is 58.3 Å². The molecule has 0 radical (unpaired) electrons. The van der Waals surface area contributed by atoms with E-state index in [-0.39, 0.29) is 6.10 Å². The van der Waals surface area contributed by atoms with Crippen molar-refractivity contribution < 1.29 is 5.11 Å². The molecule has 1 aliphatic carbocycles. The number of aliphatic hydroxyl groups excluding tert-OH is 1. The summed E-state index contributed by atoms with van der Waals surface area (Å²) in [6.45, 7) is 2.25. The lowest BCUT2D eigenvalue weighted by molar-refractivity contribution is 0.137. The molecule has 0 aromatic heterocycles. The zero-order chi connectivity index (χ0) is 10.2. The van der Waals surface area contributed by atoms with E-state index in [4.69, 9.17) is 0 Å². The SMILES string of the molecule is CCCCCCCC[C@H]1C=CC[C@@H]1O. The molecule has 0 saturated heterocycles. The summed E-state index contributed by atoms with van der Waals surface area (Å²) in [5, 5.41) is 9.57. The lowest BCUT2D eigenvalue weighted by Crippen LogP contribution is -2.12. The first-order valence-corrected chi connectivity index (χ1v) is 6.19. The second-order valence-electron chi connectivity index (χ2n) is 4.45. The van der Waals surface area contributed by atoms with Crippen LogP contribution in [-0.4, -0.2) is 11.2 Å². The third-order valence-corrected chi connectivity index (χ3v) is 3.15. The third kappa shape index (κ3) is 4.28. The Bertz CT molecular complexity index is 163. The highest BCUT2D eigenvalue weighted by Crippen LogP contribution is 2.23. The maximum absolute atomic E-state index is 9.57. The minimum Gasteiger partial charge on any atom is -0.392 e. The second kappa shape index (κ2) is 7.05. The van der Waals surface area contributed by atoms with Gasteiger partial charge >= 0.3 is 0 Å². The highest BCUT2D eigenvalue weighted by atomic mass is 16.3. The average Bonchev–Trinajstić information content (AvgIpc) is 2.58. The third-order valence-electron chi connectivity index (χ3n) is 3.15. The predicted molar refractivity (Wildman–Crippen MR) is 61.2 cm³/mol. The molecule has 0 aromatic rings. The van der Waals surface area contributed by atoms with Crippen molar-refractivity contribution in [3.05, 3.63) is 12.2 Å². The van der Waals surface area contributed by atoms with E-state index < -0.39 is 0 Å². The van der Waals surface area contributed by atoms with Gasteiger partial charge in [0.2, 0.25) is 0 Å². The summed E-state index contributed by atoms with van der Waals surface area (Å²) >= 11 is 0. The van der Waals surface area contributed by atoms with Gasteiger partial charge in [-0.05, 0) is 12.8 Å². The first-order chi connectivity index (χ1) is 6.84. The fraction of sp³-hybridized carbons (Fsp3) is 0.846. The van der Waals surface area contributed by atoms with Crippen LogP contribution in [0.25, 0.3) is 0 Å². The van der Waals surface area contributed by atoms with Crippen molar-refractivity contribution >= 4 is 0 Å². The topological polar surface area (TPSA) is 20.2 Å². The molecule has 1 heteroatoms. The van der Waals surface area contributed by atoms with Crippen molar-refractivity contribution in [1.82, 2.24) is 0 Å². The quantitative estimate of drug-likeness (QED) is 0.486. The minimum atomic E-state index is -0.0781. The lowest BCUT2D eigenvalue weighted by Gasteiger charge is -2.12. The molecule has 1 aliphatic rings. The second-order valence-corrected chi connectivity index (χ2v) is 4.45. The van der Waals surface area contributed by atoms with E-state index in [0.29, 0.717) is 5.92 Å². The monoisotopic (exact) mass is 196 g/mol. The molecule has 2 atom stereocenters. The van der Waals surface area contributed by atoms with Gasteiger partial charge in [-0.2, -0.15) is 0 Å². The van der Waals surface area contributed by atoms with Gasteiger partial charge in [-0.25, -0.2) is 0 Å². The fourth-order valence-electron chi connectivity index (χ4n) is 2.14. The van der Waals surface area contributed by atoms with Crippen molar-refractivity contribution in [3.8, 4) is 0 Å². The first kappa shape index (κ1) is 11.8. The van der Waals surface area contributed by atoms with E-state index in [0.717, 1.165) is 6.42 Å². The van der Waals surface area contributed by atoms with Gasteiger partial charge in [-0.3, -0.25) is 0 Å². The van der Waals surface area contributed by atoms with Gasteiger partial charge < -0.3 is 5.11 Å². The molecule has 14 heavy (non-hydrogen) atoms. The van der Waals surface area contributed by atoms with Gasteiger partial charge in [0, 0.05) is 5.92 Å². The van der Waals surface area contributed by atoms with Gasteiger partial charge in [0.25, 0.3) is 0 Å². The summed E-state index contributed by atoms with van der Waals surface area (Å²) in [5.74, 6) is 0.459. The molecule has 0 amide bonds. The first-order valence-electron chi connectivity index (χ1n) is 6.19. The van der Waals surface area contributed by atoms with Crippen LogP contribution in [0, 0.1) is 5.92 Å². The van der Waals surface area contributed by atoms with Gasteiger partial charge in [-0.15, -0.1) is 0 Å². The Balaban J connectivity index is 1.91. The Morgan fingerprint density at radius 1 is 1.14 bits per heavy atom. The molecule has 0 aromatic carbocycles. The van der Waals surface area contributed by atoms with Crippen LogP contribution in [0.4, 0.5) is 0 Å². The smallest absolute Gasteiger partial charge is 0.0637 e. The van der Waals surface area contributed by atoms with Crippen molar-refractivity contribution in [2.24, 2.45) is 5.92 Å². The van der Waals surface area contributed by atoms with E-state index in [1.54, 1.807) is 0 Å². The Morgan fingerprint density at radius 3 is 2.50 bits per heavy atom. The summed E-state index contributed by atoms with van der Waals surface area (Å²) in [5.41, 5.74) is 0. The summed E-state index contributed by atoms with van der Waals surface area (Å²) in [7, 11) is 0. The predicted octanol–water partition coefficient (Wildman–Crippen LogP) is 3.67. The summed E-state index contributed by atoms with van der Waals surface area (Å²) < 4.78 is 0. The van der Waals surface area contributed by atoms with Gasteiger partial charge in [0.05, 0.1) is 6.10 Å². The maximum Gasteiger partial charge on any atom is 0.0637 e. The van der Waals surface area contributed by atoms with Gasteiger partial charge in [0.15, 0.2) is 0 Å². The van der Waals surface area contributed by atoms with E-state index in [1.807, 2.05) is 0 Å². The highest BCUT2D eigenvalue weighted by molar-refractivity contribution is 5.01. The zero-order valence-corrected chi connectivity index (χ0v) is 9.41. The maximum atomic E-state index is 9.57. The minimum absolute atomic E-state index is 0.0781. The van der Waals surface area contributed by atoms with E-state index in [2.05, 4.69) is 19.1 Å². The van der Waals surface area contributed by atoms with Crippen LogP contribution in [-0.2, 0) is 0 Å². The molecule has 0 unspecified atom stereocenters. The van der Waals surface area contributed by atoms with Crippen LogP contribution in [0.2, 0.25) is 0 Å². The average molecular weight is 196 g/mol. The Labute approximate surface area is 88.2 Å². The number of hydrogen-bond donors (Lipinski definition) is 1. The van der Waals surface area contributed by atoms with Crippen molar-refractivity contribution in [2.75, 3.05) is 0 Å². The Morgan fingerprint density at radius 2 is 1.86 bits per heavy atom.